The number of sulfonamides is 1. The molecule has 1 aliphatic rings. The van der Waals surface area contributed by atoms with Gasteiger partial charge in [0.15, 0.2) is 0 Å². The third-order valence-corrected chi connectivity index (χ3v) is 8.08. The van der Waals surface area contributed by atoms with E-state index in [0.29, 0.717) is 16.4 Å². The van der Waals surface area contributed by atoms with Crippen LogP contribution in [0.5, 0.6) is 0 Å². The highest BCUT2D eigenvalue weighted by Gasteiger charge is 2.35. The molecule has 0 bridgehead atoms. The number of halogens is 5. The number of nitrogens with zero attached hydrogens (tertiary/aromatic N) is 2. The lowest BCUT2D eigenvalue weighted by Gasteiger charge is -2.33. The fourth-order valence-electron chi connectivity index (χ4n) is 4.44. The number of alkyl halides is 3. The number of hydrogen-bond acceptors (Lipinski definition) is 4. The van der Waals surface area contributed by atoms with Crippen molar-refractivity contribution in [3.05, 3.63) is 64.4 Å². The average Bonchev–Trinajstić information content (AvgIpc) is 2.86. The molecule has 2 aromatic rings. The predicted octanol–water partition coefficient (Wildman–Crippen LogP) is 5.13. The highest BCUT2D eigenvalue weighted by molar-refractivity contribution is 7.92. The van der Waals surface area contributed by atoms with E-state index in [2.05, 4.69) is 5.32 Å². The first-order valence-electron chi connectivity index (χ1n) is 12.4. The van der Waals surface area contributed by atoms with E-state index in [4.69, 9.17) is 11.6 Å². The lowest BCUT2D eigenvalue weighted by atomic mass is 9.95. The van der Waals surface area contributed by atoms with Crippen molar-refractivity contribution in [2.45, 2.75) is 63.8 Å². The minimum absolute atomic E-state index is 0.0752. The molecule has 39 heavy (non-hydrogen) atoms. The predicted molar refractivity (Wildman–Crippen MR) is 140 cm³/mol. The van der Waals surface area contributed by atoms with Gasteiger partial charge in [0, 0.05) is 18.2 Å². The van der Waals surface area contributed by atoms with E-state index >= 15 is 0 Å². The molecular weight excluding hydrogens is 562 g/mol. The van der Waals surface area contributed by atoms with E-state index in [1.54, 1.807) is 6.07 Å². The normalized spacial score (nSPS) is 15.5. The molecule has 1 aliphatic carbocycles. The molecule has 3 rings (SSSR count). The number of hydrogen-bond donors (Lipinski definition) is 1. The SMILES string of the molecule is C[C@@H](C(=O)NC1CCCCC1)N(Cc1ccccc1F)C(=O)CN(c1cc(C(F)(F)F)ccc1Cl)S(C)(=O)=O. The van der Waals surface area contributed by atoms with Gasteiger partial charge >= 0.3 is 6.18 Å². The van der Waals surface area contributed by atoms with Crippen LogP contribution in [0.4, 0.5) is 23.2 Å². The first-order valence-corrected chi connectivity index (χ1v) is 14.6. The number of nitrogens with one attached hydrogen (secondary N) is 1. The Labute approximate surface area is 230 Å². The molecule has 1 atom stereocenters. The van der Waals surface area contributed by atoms with Gasteiger partial charge in [-0.25, -0.2) is 12.8 Å². The van der Waals surface area contributed by atoms with Crippen LogP contribution in [0.1, 0.15) is 50.2 Å². The highest BCUT2D eigenvalue weighted by atomic mass is 35.5. The van der Waals surface area contributed by atoms with Gasteiger partial charge in [0.2, 0.25) is 21.8 Å². The average molecular weight is 592 g/mol. The van der Waals surface area contributed by atoms with Gasteiger partial charge in [-0.2, -0.15) is 13.2 Å². The van der Waals surface area contributed by atoms with Gasteiger partial charge in [-0.1, -0.05) is 49.1 Å². The van der Waals surface area contributed by atoms with Crippen LogP contribution in [0, 0.1) is 5.82 Å². The van der Waals surface area contributed by atoms with Crippen LogP contribution in [0.3, 0.4) is 0 Å². The molecule has 0 heterocycles. The van der Waals surface area contributed by atoms with Crippen LogP contribution in [-0.2, 0) is 32.3 Å². The fraction of sp³-hybridized carbons (Fsp3) is 0.462. The summed E-state index contributed by atoms with van der Waals surface area (Å²) in [6.45, 7) is 0.0903. The summed E-state index contributed by atoms with van der Waals surface area (Å²) < 4.78 is 80.3. The molecule has 0 radical (unpaired) electrons. The first-order chi connectivity index (χ1) is 18.2. The molecule has 0 aromatic heterocycles. The van der Waals surface area contributed by atoms with Crippen molar-refractivity contribution >= 4 is 39.1 Å². The van der Waals surface area contributed by atoms with E-state index in [9.17, 15) is 35.6 Å². The molecular formula is C26H30ClF4N3O4S. The summed E-state index contributed by atoms with van der Waals surface area (Å²) in [5, 5.41) is 2.57. The molecule has 2 aromatic carbocycles. The summed E-state index contributed by atoms with van der Waals surface area (Å²) in [6.07, 6.45) is 0.410. The van der Waals surface area contributed by atoms with E-state index < -0.39 is 57.7 Å². The Balaban J connectivity index is 1.96. The molecule has 13 heteroatoms. The van der Waals surface area contributed by atoms with Crippen molar-refractivity contribution < 1.29 is 35.6 Å². The monoisotopic (exact) mass is 591 g/mol. The zero-order valence-corrected chi connectivity index (χ0v) is 23.0. The van der Waals surface area contributed by atoms with E-state index in [1.165, 1.54) is 25.1 Å². The van der Waals surface area contributed by atoms with Crippen LogP contribution in [0.25, 0.3) is 0 Å². The van der Waals surface area contributed by atoms with E-state index in [0.717, 1.165) is 49.3 Å². The Morgan fingerprint density at radius 2 is 1.74 bits per heavy atom. The molecule has 1 saturated carbocycles. The maximum absolute atomic E-state index is 14.5. The van der Waals surface area contributed by atoms with Crippen LogP contribution in [-0.4, -0.2) is 50.0 Å². The molecule has 0 unspecified atom stereocenters. The number of carbonyl (C=O) groups is 2. The van der Waals surface area contributed by atoms with Gasteiger partial charge in [-0.05, 0) is 44.0 Å². The lowest BCUT2D eigenvalue weighted by Crippen LogP contribution is -2.53. The van der Waals surface area contributed by atoms with Gasteiger partial charge in [0.1, 0.15) is 18.4 Å². The van der Waals surface area contributed by atoms with Gasteiger partial charge in [0.25, 0.3) is 0 Å². The molecule has 0 aliphatic heterocycles. The summed E-state index contributed by atoms with van der Waals surface area (Å²) in [7, 11) is -4.32. The second-order valence-electron chi connectivity index (χ2n) is 9.57. The quantitative estimate of drug-likeness (QED) is 0.410. The summed E-state index contributed by atoms with van der Waals surface area (Å²) in [5.41, 5.74) is -1.63. The van der Waals surface area contributed by atoms with Crippen LogP contribution < -0.4 is 9.62 Å². The fourth-order valence-corrected chi connectivity index (χ4v) is 5.56. The Morgan fingerprint density at radius 3 is 2.33 bits per heavy atom. The van der Waals surface area contributed by atoms with Crippen molar-refractivity contribution in [3.63, 3.8) is 0 Å². The van der Waals surface area contributed by atoms with Crippen LogP contribution >= 0.6 is 11.6 Å². The molecule has 2 amide bonds. The van der Waals surface area contributed by atoms with Crippen molar-refractivity contribution in [1.29, 1.82) is 0 Å². The minimum atomic E-state index is -4.80. The summed E-state index contributed by atoms with van der Waals surface area (Å²) in [4.78, 5) is 27.7. The largest absolute Gasteiger partial charge is 0.416 e. The standard InChI is InChI=1S/C26H30ClF4N3O4S/c1-17(25(36)32-20-9-4-3-5-10-20)33(15-18-8-6-7-11-22(18)28)24(35)16-34(39(2,37)38)23-14-19(26(29,30)31)12-13-21(23)27/h6-8,11-14,17,20H,3-5,9-10,15-16H2,1-2H3,(H,32,36)/t17-/m0/s1. The minimum Gasteiger partial charge on any atom is -0.352 e. The number of anilines is 1. The summed E-state index contributed by atoms with van der Waals surface area (Å²) in [6, 6.07) is 6.47. The van der Waals surface area contributed by atoms with Crippen molar-refractivity contribution in [1.82, 2.24) is 10.2 Å². The summed E-state index contributed by atoms with van der Waals surface area (Å²) in [5.74, 6) is -2.07. The molecule has 7 nitrogen and oxygen atoms in total. The van der Waals surface area contributed by atoms with Gasteiger partial charge in [-0.15, -0.1) is 0 Å². The smallest absolute Gasteiger partial charge is 0.352 e. The number of rotatable bonds is 9. The molecule has 1 fully saturated rings. The van der Waals surface area contributed by atoms with Crippen molar-refractivity contribution in [2.75, 3.05) is 17.1 Å². The topological polar surface area (TPSA) is 86.8 Å². The second-order valence-corrected chi connectivity index (χ2v) is 11.9. The lowest BCUT2D eigenvalue weighted by molar-refractivity contribution is -0.139. The maximum Gasteiger partial charge on any atom is 0.416 e. The van der Waals surface area contributed by atoms with Gasteiger partial charge in [0.05, 0.1) is 22.5 Å². The molecule has 0 saturated heterocycles. The van der Waals surface area contributed by atoms with Gasteiger partial charge in [-0.3, -0.25) is 13.9 Å². The summed E-state index contributed by atoms with van der Waals surface area (Å²) >= 11 is 6.07. The third kappa shape index (κ3) is 8.07. The van der Waals surface area contributed by atoms with Crippen molar-refractivity contribution in [2.24, 2.45) is 0 Å². The first kappa shape index (κ1) is 30.7. The van der Waals surface area contributed by atoms with Crippen LogP contribution in [0.15, 0.2) is 42.5 Å². The molecule has 1 N–H and O–H groups in total. The zero-order valence-electron chi connectivity index (χ0n) is 21.5. The molecule has 214 valence electrons. The number of benzene rings is 2. The van der Waals surface area contributed by atoms with Crippen molar-refractivity contribution in [3.8, 4) is 0 Å². The van der Waals surface area contributed by atoms with Crippen LogP contribution in [0.2, 0.25) is 5.02 Å². The van der Waals surface area contributed by atoms with E-state index in [1.807, 2.05) is 0 Å². The van der Waals surface area contributed by atoms with E-state index in [-0.39, 0.29) is 23.2 Å². The highest BCUT2D eigenvalue weighted by Crippen LogP contribution is 2.36. The second kappa shape index (κ2) is 12.5. The molecule has 0 spiro atoms. The Kier molecular flexibility index (Phi) is 9.87. The Hall–Kier alpha value is -2.86. The number of carbonyl (C=O) groups excluding carboxylic acids is 2. The Morgan fingerprint density at radius 1 is 1.10 bits per heavy atom. The third-order valence-electron chi connectivity index (χ3n) is 6.64. The maximum atomic E-state index is 14.5. The Bertz CT molecular complexity index is 1300. The zero-order chi connectivity index (χ0) is 29.0. The number of amides is 2. The van der Waals surface area contributed by atoms with Gasteiger partial charge < -0.3 is 10.2 Å².